The highest BCUT2D eigenvalue weighted by Crippen LogP contribution is 2.36. The monoisotopic (exact) mass is 627 g/mol. The van der Waals surface area contributed by atoms with Crippen molar-refractivity contribution in [1.29, 1.82) is 0 Å². The Bertz CT molecular complexity index is 1620. The number of amides is 1. The van der Waals surface area contributed by atoms with Crippen LogP contribution in [0.4, 0.5) is 11.4 Å². The predicted octanol–water partition coefficient (Wildman–Crippen LogP) is 5.35. The molecular weight excluding hydrogens is 610 g/mol. The molecule has 3 aromatic carbocycles. The largest absolute Gasteiger partial charge is 0.476 e. The number of ether oxygens (including phenoxy) is 1. The molecule has 0 atom stereocenters. The van der Waals surface area contributed by atoms with Crippen molar-refractivity contribution in [3.63, 3.8) is 0 Å². The average molecular weight is 629 g/mol. The summed E-state index contributed by atoms with van der Waals surface area (Å²) in [6.45, 7) is 3.13. The highest BCUT2D eigenvalue weighted by atomic mass is 79.9. The lowest BCUT2D eigenvalue weighted by Gasteiger charge is -2.10. The maximum absolute atomic E-state index is 12.9. The van der Waals surface area contributed by atoms with Gasteiger partial charge < -0.3 is 10.1 Å². The Kier molecular flexibility index (Phi) is 7.79. The maximum atomic E-state index is 12.9. The first-order valence-electron chi connectivity index (χ1n) is 10.8. The fraction of sp³-hybridized carbons (Fsp3) is 0.120. The summed E-state index contributed by atoms with van der Waals surface area (Å²) in [4.78, 5) is 40.7. The van der Waals surface area contributed by atoms with Gasteiger partial charge in [0.05, 0.1) is 26.5 Å². The van der Waals surface area contributed by atoms with E-state index >= 15 is 0 Å². The number of anilines is 1. The van der Waals surface area contributed by atoms with Gasteiger partial charge in [0.15, 0.2) is 6.61 Å². The van der Waals surface area contributed by atoms with Gasteiger partial charge in [-0.15, -0.1) is 0 Å². The molecule has 0 aliphatic rings. The molecule has 1 amide bonds. The van der Waals surface area contributed by atoms with Gasteiger partial charge in [-0.3, -0.25) is 19.7 Å². The molecule has 0 saturated carbocycles. The Morgan fingerprint density at radius 2 is 1.89 bits per heavy atom. The van der Waals surface area contributed by atoms with E-state index in [0.717, 1.165) is 14.7 Å². The zero-order valence-corrected chi connectivity index (χ0v) is 22.7. The average Bonchev–Trinajstić information content (AvgIpc) is 2.85. The molecule has 12 heteroatoms. The summed E-state index contributed by atoms with van der Waals surface area (Å²) < 4.78 is 7.58. The minimum absolute atomic E-state index is 0.105. The smallest absolute Gasteiger partial charge is 0.312 e. The summed E-state index contributed by atoms with van der Waals surface area (Å²) in [5.74, 6) is -0.225. The summed E-state index contributed by atoms with van der Waals surface area (Å²) in [5.41, 5.74) is 1.73. The first-order chi connectivity index (χ1) is 17.6. The number of nitrogens with one attached hydrogen (secondary N) is 1. The van der Waals surface area contributed by atoms with E-state index in [0.29, 0.717) is 28.0 Å². The number of carbonyl (C=O) groups excluding carboxylic acids is 1. The molecule has 0 saturated heterocycles. The number of fused-ring (bicyclic) bond motifs is 1. The van der Waals surface area contributed by atoms with E-state index in [1.165, 1.54) is 18.3 Å². The summed E-state index contributed by atoms with van der Waals surface area (Å²) in [7, 11) is 0. The molecule has 4 rings (SSSR count). The molecule has 0 radical (unpaired) electrons. The Morgan fingerprint density at radius 3 is 2.59 bits per heavy atom. The first-order valence-corrected chi connectivity index (χ1v) is 12.4. The van der Waals surface area contributed by atoms with E-state index in [-0.39, 0.29) is 21.5 Å². The van der Waals surface area contributed by atoms with E-state index in [1.54, 1.807) is 37.3 Å². The first kappa shape index (κ1) is 26.2. The van der Waals surface area contributed by atoms with Crippen LogP contribution in [0.2, 0.25) is 0 Å². The van der Waals surface area contributed by atoms with Gasteiger partial charge in [0.25, 0.3) is 11.5 Å². The molecule has 37 heavy (non-hydrogen) atoms. The molecule has 1 aromatic heterocycles. The third-order valence-corrected chi connectivity index (χ3v) is 6.30. The number of nitrogens with zero attached hydrogens (tertiary/aromatic N) is 4. The standard InChI is InChI=1S/C25H19Br2N5O5/c1-14-3-6-18(7-4-14)30-23(33)13-37-24-20(27)9-16(10-22(24)32(35)36)12-28-31-15(2)29-21-8-5-17(26)11-19(21)25(31)34/h3-12H,13H2,1-2H3,(H,30,33). The van der Waals surface area contributed by atoms with Gasteiger partial charge in [-0.1, -0.05) is 33.6 Å². The predicted molar refractivity (Wildman–Crippen MR) is 148 cm³/mol. The molecule has 188 valence electrons. The van der Waals surface area contributed by atoms with Crippen molar-refractivity contribution in [3.8, 4) is 5.75 Å². The van der Waals surface area contributed by atoms with E-state index < -0.39 is 17.4 Å². The Balaban J connectivity index is 1.58. The summed E-state index contributed by atoms with van der Waals surface area (Å²) >= 11 is 6.62. The molecule has 0 bridgehead atoms. The molecule has 1 heterocycles. The third kappa shape index (κ3) is 6.09. The van der Waals surface area contributed by atoms with Crippen molar-refractivity contribution in [2.45, 2.75) is 13.8 Å². The highest BCUT2D eigenvalue weighted by Gasteiger charge is 2.21. The van der Waals surface area contributed by atoms with Crippen LogP contribution in [0, 0.1) is 24.0 Å². The molecule has 1 N–H and O–H groups in total. The lowest BCUT2D eigenvalue weighted by atomic mass is 10.2. The van der Waals surface area contributed by atoms with Gasteiger partial charge in [-0.05, 0) is 66.2 Å². The molecule has 0 aliphatic carbocycles. The minimum atomic E-state index is -0.623. The number of aryl methyl sites for hydroxylation is 2. The zero-order chi connectivity index (χ0) is 26.7. The van der Waals surface area contributed by atoms with Crippen molar-refractivity contribution in [2.24, 2.45) is 5.10 Å². The van der Waals surface area contributed by atoms with Crippen LogP contribution in [-0.2, 0) is 4.79 Å². The lowest BCUT2D eigenvalue weighted by Crippen LogP contribution is -2.21. The molecular formula is C25H19Br2N5O5. The lowest BCUT2D eigenvalue weighted by molar-refractivity contribution is -0.385. The van der Waals surface area contributed by atoms with Crippen LogP contribution in [0.25, 0.3) is 10.9 Å². The fourth-order valence-electron chi connectivity index (χ4n) is 3.44. The number of halogens is 2. The second kappa shape index (κ2) is 11.0. The number of benzene rings is 3. The number of aromatic nitrogens is 2. The van der Waals surface area contributed by atoms with Crippen LogP contribution in [0.3, 0.4) is 0 Å². The Labute approximate surface area is 227 Å². The number of hydrogen-bond donors (Lipinski definition) is 1. The molecule has 0 spiro atoms. The normalized spacial score (nSPS) is 11.1. The van der Waals surface area contributed by atoms with E-state index in [1.807, 2.05) is 19.1 Å². The number of carbonyl (C=O) groups is 1. The van der Waals surface area contributed by atoms with Gasteiger partial charge in [0, 0.05) is 21.8 Å². The quantitative estimate of drug-likeness (QED) is 0.167. The van der Waals surface area contributed by atoms with Crippen molar-refractivity contribution < 1.29 is 14.5 Å². The molecule has 4 aromatic rings. The van der Waals surface area contributed by atoms with Crippen LogP contribution in [0.1, 0.15) is 17.0 Å². The number of nitro benzene ring substituents is 1. The summed E-state index contributed by atoms with van der Waals surface area (Å²) in [5, 5.41) is 19.0. The Morgan fingerprint density at radius 1 is 1.16 bits per heavy atom. The van der Waals surface area contributed by atoms with Gasteiger partial charge in [-0.25, -0.2) is 4.98 Å². The van der Waals surface area contributed by atoms with Crippen LogP contribution in [0.15, 0.2) is 73.4 Å². The van der Waals surface area contributed by atoms with Crippen molar-refractivity contribution in [3.05, 3.63) is 101 Å². The molecule has 10 nitrogen and oxygen atoms in total. The SMILES string of the molecule is Cc1ccc(NC(=O)COc2c(Br)cc(C=Nn3c(C)nc4ccc(Br)cc4c3=O)cc2[N+](=O)[O-])cc1. The zero-order valence-electron chi connectivity index (χ0n) is 19.6. The summed E-state index contributed by atoms with van der Waals surface area (Å²) in [6.07, 6.45) is 1.31. The minimum Gasteiger partial charge on any atom is -0.476 e. The highest BCUT2D eigenvalue weighted by molar-refractivity contribution is 9.10. The van der Waals surface area contributed by atoms with E-state index in [4.69, 9.17) is 4.74 Å². The van der Waals surface area contributed by atoms with Crippen LogP contribution < -0.4 is 15.6 Å². The van der Waals surface area contributed by atoms with Crippen LogP contribution in [-0.4, -0.2) is 33.3 Å². The topological polar surface area (TPSA) is 129 Å². The van der Waals surface area contributed by atoms with Crippen LogP contribution >= 0.6 is 31.9 Å². The molecule has 0 aliphatic heterocycles. The third-order valence-electron chi connectivity index (χ3n) is 5.22. The van der Waals surface area contributed by atoms with Gasteiger partial charge in [0.2, 0.25) is 5.75 Å². The number of hydrogen-bond acceptors (Lipinski definition) is 7. The molecule has 0 fully saturated rings. The maximum Gasteiger partial charge on any atom is 0.312 e. The van der Waals surface area contributed by atoms with Gasteiger partial charge in [0.1, 0.15) is 5.82 Å². The Hall–Kier alpha value is -3.90. The number of nitro groups is 1. The van der Waals surface area contributed by atoms with Crippen LogP contribution in [0.5, 0.6) is 5.75 Å². The van der Waals surface area contributed by atoms with E-state index in [2.05, 4.69) is 47.3 Å². The van der Waals surface area contributed by atoms with Gasteiger partial charge >= 0.3 is 5.69 Å². The molecule has 0 unspecified atom stereocenters. The van der Waals surface area contributed by atoms with Crippen molar-refractivity contribution >= 4 is 66.3 Å². The van der Waals surface area contributed by atoms with Crippen molar-refractivity contribution in [1.82, 2.24) is 9.66 Å². The fourth-order valence-corrected chi connectivity index (χ4v) is 4.39. The second-order valence-corrected chi connectivity index (χ2v) is 9.76. The number of rotatable bonds is 7. The second-order valence-electron chi connectivity index (χ2n) is 7.99. The summed E-state index contributed by atoms with van der Waals surface area (Å²) in [6, 6.07) is 15.1. The van der Waals surface area contributed by atoms with Crippen molar-refractivity contribution in [2.75, 3.05) is 11.9 Å². The van der Waals surface area contributed by atoms with E-state index in [9.17, 15) is 19.7 Å². The van der Waals surface area contributed by atoms with Gasteiger partial charge in [-0.2, -0.15) is 9.78 Å².